The molecule has 1 amide bonds. The molecule has 1 atom stereocenters. The van der Waals surface area contributed by atoms with E-state index in [-0.39, 0.29) is 11.5 Å². The van der Waals surface area contributed by atoms with Gasteiger partial charge in [-0.3, -0.25) is 14.2 Å². The number of amides is 1. The number of nitrogens with zero attached hydrogens (tertiary/aromatic N) is 4. The lowest BCUT2D eigenvalue weighted by atomic mass is 10.0. The fourth-order valence-electron chi connectivity index (χ4n) is 4.40. The quantitative estimate of drug-likeness (QED) is 0.406. The van der Waals surface area contributed by atoms with Gasteiger partial charge in [0.15, 0.2) is 5.52 Å². The molecule has 1 unspecified atom stereocenters. The van der Waals surface area contributed by atoms with Gasteiger partial charge >= 0.3 is 0 Å². The van der Waals surface area contributed by atoms with E-state index >= 15 is 0 Å². The summed E-state index contributed by atoms with van der Waals surface area (Å²) in [5, 5.41) is 11.7. The molecule has 2 aromatic heterocycles. The fraction of sp³-hybridized carbons (Fsp3) is 0.214. The average molecular weight is 482 g/mol. The Labute approximate surface area is 208 Å². The van der Waals surface area contributed by atoms with Crippen molar-refractivity contribution in [3.63, 3.8) is 0 Å². The predicted octanol–water partition coefficient (Wildman–Crippen LogP) is 4.22. The first-order valence-corrected chi connectivity index (χ1v) is 11.7. The monoisotopic (exact) mass is 481 g/mol. The summed E-state index contributed by atoms with van der Waals surface area (Å²) in [5.41, 5.74) is 2.58. The molecular weight excluding hydrogens is 454 g/mol. The molecule has 8 nitrogen and oxygen atoms in total. The minimum Gasteiger partial charge on any atom is -0.497 e. The van der Waals surface area contributed by atoms with Crippen LogP contribution in [0.1, 0.15) is 32.4 Å². The number of rotatable bonds is 5. The topological polar surface area (TPSA) is 90.5 Å². The van der Waals surface area contributed by atoms with Gasteiger partial charge in [0.25, 0.3) is 5.56 Å². The van der Waals surface area contributed by atoms with Crippen molar-refractivity contribution in [1.29, 1.82) is 0 Å². The second-order valence-electron chi connectivity index (χ2n) is 9.64. The van der Waals surface area contributed by atoms with Gasteiger partial charge in [-0.15, -0.1) is 5.10 Å². The highest BCUT2D eigenvalue weighted by atomic mass is 16.5. The highest BCUT2D eigenvalue weighted by molar-refractivity contribution is 5.89. The van der Waals surface area contributed by atoms with E-state index in [1.165, 1.54) is 0 Å². The van der Waals surface area contributed by atoms with Crippen LogP contribution in [0, 0.1) is 0 Å². The van der Waals surface area contributed by atoms with Crippen LogP contribution >= 0.6 is 0 Å². The number of hydrogen-bond acceptors (Lipinski definition) is 5. The first-order valence-electron chi connectivity index (χ1n) is 11.7. The van der Waals surface area contributed by atoms with Crippen molar-refractivity contribution in [1.82, 2.24) is 24.7 Å². The molecule has 0 spiro atoms. The van der Waals surface area contributed by atoms with E-state index in [2.05, 4.69) is 15.6 Å². The van der Waals surface area contributed by atoms with Crippen molar-refractivity contribution in [3.05, 3.63) is 94.8 Å². The van der Waals surface area contributed by atoms with E-state index in [9.17, 15) is 9.59 Å². The molecule has 5 rings (SSSR count). The molecule has 0 fully saturated rings. The number of para-hydroxylation sites is 2. The van der Waals surface area contributed by atoms with Crippen molar-refractivity contribution in [2.75, 3.05) is 7.11 Å². The molecular formula is C28H27N5O3. The van der Waals surface area contributed by atoms with Crippen molar-refractivity contribution in [2.45, 2.75) is 32.4 Å². The van der Waals surface area contributed by atoms with Gasteiger partial charge < -0.3 is 10.1 Å². The number of hydrogen-bond donors (Lipinski definition) is 1. The minimum atomic E-state index is -0.934. The van der Waals surface area contributed by atoms with Crippen molar-refractivity contribution < 1.29 is 9.53 Å². The number of nitrogens with one attached hydrogen (secondary N) is 1. The maximum Gasteiger partial charge on any atom is 0.280 e. The van der Waals surface area contributed by atoms with E-state index in [1.54, 1.807) is 28.3 Å². The van der Waals surface area contributed by atoms with Crippen LogP contribution in [0.5, 0.6) is 5.75 Å². The Morgan fingerprint density at radius 3 is 2.19 bits per heavy atom. The summed E-state index contributed by atoms with van der Waals surface area (Å²) in [4.78, 5) is 28.1. The lowest BCUT2D eigenvalue weighted by Crippen LogP contribution is -2.46. The first-order chi connectivity index (χ1) is 17.3. The number of ether oxygens (including phenoxy) is 1. The van der Waals surface area contributed by atoms with Crippen molar-refractivity contribution in [3.8, 4) is 17.0 Å². The number of carbonyl (C=O) groups excluding carboxylic acids is 1. The molecule has 182 valence electrons. The molecule has 0 saturated carbocycles. The molecule has 0 radical (unpaired) electrons. The van der Waals surface area contributed by atoms with E-state index in [0.29, 0.717) is 33.6 Å². The zero-order valence-corrected chi connectivity index (χ0v) is 20.6. The lowest BCUT2D eigenvalue weighted by molar-refractivity contribution is -0.124. The van der Waals surface area contributed by atoms with Crippen LogP contribution in [0.15, 0.2) is 83.7 Å². The van der Waals surface area contributed by atoms with Gasteiger partial charge in [0, 0.05) is 11.1 Å². The molecule has 36 heavy (non-hydrogen) atoms. The van der Waals surface area contributed by atoms with Gasteiger partial charge in [-0.05, 0) is 50.6 Å². The highest BCUT2D eigenvalue weighted by Gasteiger charge is 2.30. The molecule has 3 aromatic carbocycles. The van der Waals surface area contributed by atoms with Crippen molar-refractivity contribution >= 4 is 22.5 Å². The maximum atomic E-state index is 14.3. The van der Waals surface area contributed by atoms with Crippen LogP contribution in [0.2, 0.25) is 0 Å². The number of fused-ring (bicyclic) bond motifs is 3. The molecule has 1 N–H and O–H groups in total. The zero-order chi connectivity index (χ0) is 25.4. The smallest absolute Gasteiger partial charge is 0.280 e. The molecule has 0 aliphatic rings. The first kappa shape index (κ1) is 23.3. The lowest BCUT2D eigenvalue weighted by Gasteiger charge is -2.27. The van der Waals surface area contributed by atoms with E-state index < -0.39 is 11.6 Å². The molecule has 0 bridgehead atoms. The molecule has 5 aromatic rings. The summed E-state index contributed by atoms with van der Waals surface area (Å²) in [6.45, 7) is 5.73. The van der Waals surface area contributed by atoms with E-state index in [0.717, 1.165) is 5.56 Å². The molecule has 0 aliphatic heterocycles. The standard InChI is InChI=1S/C28H27N5O3/c1-28(2,3)29-26(34)24(19-14-16-20(36-4)17-15-19)32-21-12-8-9-13-22(21)33-25(27(32)35)23(30-31-33)18-10-6-5-7-11-18/h5-17,24H,1-4H3,(H,29,34). The minimum absolute atomic E-state index is 0.294. The van der Waals surface area contributed by atoms with Crippen LogP contribution in [-0.2, 0) is 4.79 Å². The summed E-state index contributed by atoms with van der Waals surface area (Å²) in [5.74, 6) is 0.366. The number of aromatic nitrogens is 4. The highest BCUT2D eigenvalue weighted by Crippen LogP contribution is 2.28. The maximum absolute atomic E-state index is 14.3. The summed E-state index contributed by atoms with van der Waals surface area (Å²) in [6.07, 6.45) is 0. The van der Waals surface area contributed by atoms with Crippen LogP contribution in [-0.4, -0.2) is 38.0 Å². The van der Waals surface area contributed by atoms with Crippen LogP contribution in [0.3, 0.4) is 0 Å². The Morgan fingerprint density at radius 1 is 0.917 bits per heavy atom. The van der Waals surface area contributed by atoms with Gasteiger partial charge in [-0.25, -0.2) is 4.52 Å². The van der Waals surface area contributed by atoms with E-state index in [1.807, 2.05) is 87.5 Å². The normalized spacial score (nSPS) is 12.6. The molecule has 0 saturated heterocycles. The Morgan fingerprint density at radius 2 is 1.56 bits per heavy atom. The Hall–Kier alpha value is -4.46. The average Bonchev–Trinajstić information content (AvgIpc) is 3.32. The van der Waals surface area contributed by atoms with Crippen LogP contribution in [0.25, 0.3) is 27.8 Å². The number of carbonyl (C=O) groups is 1. The third-order valence-electron chi connectivity index (χ3n) is 5.94. The molecule has 0 aliphatic carbocycles. The molecule has 2 heterocycles. The van der Waals surface area contributed by atoms with Gasteiger partial charge in [-0.2, -0.15) is 0 Å². The third kappa shape index (κ3) is 4.11. The van der Waals surface area contributed by atoms with Crippen LogP contribution in [0.4, 0.5) is 0 Å². The Kier molecular flexibility index (Phi) is 5.80. The summed E-state index contributed by atoms with van der Waals surface area (Å²) < 4.78 is 8.42. The van der Waals surface area contributed by atoms with Crippen LogP contribution < -0.4 is 15.6 Å². The zero-order valence-electron chi connectivity index (χ0n) is 20.6. The fourth-order valence-corrected chi connectivity index (χ4v) is 4.40. The van der Waals surface area contributed by atoms with Gasteiger partial charge in [0.05, 0.1) is 18.1 Å². The van der Waals surface area contributed by atoms with Gasteiger partial charge in [0.2, 0.25) is 5.91 Å². The second kappa shape index (κ2) is 8.96. The summed E-state index contributed by atoms with van der Waals surface area (Å²) >= 11 is 0. The predicted molar refractivity (Wildman–Crippen MR) is 139 cm³/mol. The van der Waals surface area contributed by atoms with Gasteiger partial charge in [0.1, 0.15) is 17.5 Å². The van der Waals surface area contributed by atoms with Crippen molar-refractivity contribution in [2.24, 2.45) is 0 Å². The van der Waals surface area contributed by atoms with E-state index in [4.69, 9.17) is 4.74 Å². The summed E-state index contributed by atoms with van der Waals surface area (Å²) in [6, 6.07) is 23.1. The SMILES string of the molecule is COc1ccc(C(C(=O)NC(C)(C)C)n2c(=O)c3c(-c4ccccc4)nnn3c3ccccc32)cc1. The number of methoxy groups -OCH3 is 1. The largest absolute Gasteiger partial charge is 0.497 e. The Balaban J connectivity index is 1.85. The van der Waals surface area contributed by atoms with Gasteiger partial charge in [-0.1, -0.05) is 59.8 Å². The number of benzene rings is 3. The summed E-state index contributed by atoms with van der Waals surface area (Å²) in [7, 11) is 1.59. The molecule has 8 heteroatoms. The second-order valence-corrected chi connectivity index (χ2v) is 9.64. The third-order valence-corrected chi connectivity index (χ3v) is 5.94. The Bertz CT molecular complexity index is 1610.